The number of hydrogen-bond donors (Lipinski definition) is 2. The second kappa shape index (κ2) is 4.76. The van der Waals surface area contributed by atoms with Gasteiger partial charge in [-0.15, -0.1) is 0 Å². The lowest BCUT2D eigenvalue weighted by Crippen LogP contribution is -2.47. The van der Waals surface area contributed by atoms with E-state index in [0.717, 1.165) is 13.1 Å². The van der Waals surface area contributed by atoms with Gasteiger partial charge in [-0.2, -0.15) is 0 Å². The molecule has 0 aromatic heterocycles. The Hall–Kier alpha value is -0.980. The molecule has 3 saturated heterocycles. The Morgan fingerprint density at radius 1 is 1.00 bits per heavy atom. The van der Waals surface area contributed by atoms with Crippen LogP contribution in [0.15, 0.2) is 29.2 Å². The molecule has 0 aliphatic carbocycles. The first-order valence-electron chi connectivity index (χ1n) is 7.52. The van der Waals surface area contributed by atoms with Gasteiger partial charge in [0.1, 0.15) is 5.82 Å². The van der Waals surface area contributed by atoms with Crippen molar-refractivity contribution in [3.8, 4) is 0 Å². The van der Waals surface area contributed by atoms with E-state index >= 15 is 0 Å². The van der Waals surface area contributed by atoms with E-state index in [1.54, 1.807) is 0 Å². The Labute approximate surface area is 124 Å². The molecule has 21 heavy (non-hydrogen) atoms. The van der Waals surface area contributed by atoms with Crippen LogP contribution in [0.25, 0.3) is 0 Å². The van der Waals surface area contributed by atoms with Crippen molar-refractivity contribution < 1.29 is 12.8 Å². The standard InChI is InChI=1S/C15H19FN2O2S/c16-9-1-3-10(4-2-9)21(19,20)11-5-14-12-7-17-8-13(12)15(6-11)18-14/h1-4,11-15,17-18H,5-8H2/t11?,12-,13+,14-,15+. The molecule has 1 aromatic rings. The highest BCUT2D eigenvalue weighted by Gasteiger charge is 2.51. The molecule has 114 valence electrons. The van der Waals surface area contributed by atoms with E-state index in [1.807, 2.05) is 0 Å². The van der Waals surface area contributed by atoms with Crippen LogP contribution in [0, 0.1) is 17.7 Å². The Morgan fingerprint density at radius 2 is 1.57 bits per heavy atom. The summed E-state index contributed by atoms with van der Waals surface area (Å²) in [6, 6.07) is 5.81. The average molecular weight is 310 g/mol. The highest BCUT2D eigenvalue weighted by atomic mass is 32.2. The third-order valence-corrected chi connectivity index (χ3v) is 7.58. The maximum atomic E-state index is 13.0. The van der Waals surface area contributed by atoms with Crippen molar-refractivity contribution in [1.29, 1.82) is 0 Å². The number of nitrogens with one attached hydrogen (secondary N) is 2. The summed E-state index contributed by atoms with van der Waals surface area (Å²) in [4.78, 5) is 0.249. The molecule has 0 saturated carbocycles. The lowest BCUT2D eigenvalue weighted by Gasteiger charge is -2.31. The zero-order valence-corrected chi connectivity index (χ0v) is 12.4. The summed E-state index contributed by atoms with van der Waals surface area (Å²) >= 11 is 0. The maximum Gasteiger partial charge on any atom is 0.181 e. The van der Waals surface area contributed by atoms with Crippen molar-refractivity contribution in [3.63, 3.8) is 0 Å². The number of benzene rings is 1. The van der Waals surface area contributed by atoms with E-state index in [1.165, 1.54) is 24.3 Å². The molecule has 3 aliphatic heterocycles. The lowest BCUT2D eigenvalue weighted by molar-refractivity contribution is 0.361. The highest BCUT2D eigenvalue weighted by molar-refractivity contribution is 7.92. The van der Waals surface area contributed by atoms with E-state index in [2.05, 4.69) is 10.6 Å². The summed E-state index contributed by atoms with van der Waals surface area (Å²) in [5.74, 6) is 0.715. The average Bonchev–Trinajstić information content (AvgIpc) is 3.04. The fraction of sp³-hybridized carbons (Fsp3) is 0.600. The van der Waals surface area contributed by atoms with Crippen molar-refractivity contribution in [1.82, 2.24) is 10.6 Å². The van der Waals surface area contributed by atoms with Crippen LogP contribution in [0.1, 0.15) is 12.8 Å². The zero-order chi connectivity index (χ0) is 14.6. The van der Waals surface area contributed by atoms with Gasteiger partial charge >= 0.3 is 0 Å². The summed E-state index contributed by atoms with van der Waals surface area (Å²) in [5, 5.41) is 6.66. The highest BCUT2D eigenvalue weighted by Crippen LogP contribution is 2.41. The number of rotatable bonds is 2. The van der Waals surface area contributed by atoms with Gasteiger partial charge < -0.3 is 10.6 Å². The van der Waals surface area contributed by atoms with Crippen LogP contribution in [-0.2, 0) is 9.84 Å². The smallest absolute Gasteiger partial charge is 0.181 e. The molecular formula is C15H19FN2O2S. The van der Waals surface area contributed by atoms with Crippen LogP contribution >= 0.6 is 0 Å². The van der Waals surface area contributed by atoms with Crippen molar-refractivity contribution in [2.45, 2.75) is 35.1 Å². The van der Waals surface area contributed by atoms with Gasteiger partial charge in [0.25, 0.3) is 0 Å². The van der Waals surface area contributed by atoms with Crippen LogP contribution in [0.3, 0.4) is 0 Å². The summed E-state index contributed by atoms with van der Waals surface area (Å²) in [6.45, 7) is 1.98. The molecular weight excluding hydrogens is 291 g/mol. The Morgan fingerprint density at radius 3 is 2.14 bits per heavy atom. The van der Waals surface area contributed by atoms with Crippen LogP contribution < -0.4 is 10.6 Å². The molecule has 6 heteroatoms. The summed E-state index contributed by atoms with van der Waals surface area (Å²) in [6.07, 6.45) is 1.33. The molecule has 0 spiro atoms. The molecule has 1 unspecified atom stereocenters. The normalized spacial score (nSPS) is 38.4. The molecule has 0 radical (unpaired) electrons. The van der Waals surface area contributed by atoms with Gasteiger partial charge in [0.2, 0.25) is 0 Å². The SMILES string of the molecule is O=S(=O)(c1ccc(F)cc1)C1C[C@@H]2N[C@H](C1)[C@@H]1CNC[C@@H]12. The van der Waals surface area contributed by atoms with Gasteiger partial charge in [0.05, 0.1) is 10.1 Å². The number of hydrogen-bond acceptors (Lipinski definition) is 4. The van der Waals surface area contributed by atoms with Gasteiger partial charge in [-0.1, -0.05) is 0 Å². The largest absolute Gasteiger partial charge is 0.316 e. The summed E-state index contributed by atoms with van der Waals surface area (Å²) in [5.41, 5.74) is 0. The van der Waals surface area contributed by atoms with Crippen LogP contribution in [0.4, 0.5) is 4.39 Å². The minimum Gasteiger partial charge on any atom is -0.316 e. The fourth-order valence-corrected chi connectivity index (χ4v) is 6.16. The van der Waals surface area contributed by atoms with E-state index < -0.39 is 15.7 Å². The molecule has 2 N–H and O–H groups in total. The molecule has 0 amide bonds. The number of sulfone groups is 1. The van der Waals surface area contributed by atoms with E-state index in [9.17, 15) is 12.8 Å². The number of halogens is 1. The molecule has 1 aromatic carbocycles. The summed E-state index contributed by atoms with van der Waals surface area (Å²) in [7, 11) is -3.36. The van der Waals surface area contributed by atoms with Gasteiger partial charge in [0.15, 0.2) is 9.84 Å². The molecule has 3 fully saturated rings. The molecule has 2 bridgehead atoms. The topological polar surface area (TPSA) is 58.2 Å². The van der Waals surface area contributed by atoms with Gasteiger partial charge in [-0.3, -0.25) is 0 Å². The first-order chi connectivity index (χ1) is 10.1. The molecule has 5 atom stereocenters. The van der Waals surface area contributed by atoms with E-state index in [0.29, 0.717) is 36.8 Å². The molecule has 3 heterocycles. The maximum absolute atomic E-state index is 13.0. The zero-order valence-electron chi connectivity index (χ0n) is 11.6. The van der Waals surface area contributed by atoms with Gasteiger partial charge in [-0.05, 0) is 62.0 Å². The summed E-state index contributed by atoms with van der Waals surface area (Å²) < 4.78 is 38.5. The monoisotopic (exact) mass is 310 g/mol. The third kappa shape index (κ3) is 2.12. The van der Waals surface area contributed by atoms with Gasteiger partial charge in [-0.25, -0.2) is 12.8 Å². The molecule has 4 nitrogen and oxygen atoms in total. The predicted octanol–water partition coefficient (Wildman–Crippen LogP) is 0.938. The van der Waals surface area contributed by atoms with E-state index in [4.69, 9.17) is 0 Å². The van der Waals surface area contributed by atoms with Crippen molar-refractivity contribution >= 4 is 9.84 Å². The van der Waals surface area contributed by atoms with Crippen LogP contribution in [-0.4, -0.2) is 38.8 Å². The Kier molecular flexibility index (Phi) is 3.10. The minimum atomic E-state index is -3.36. The predicted molar refractivity (Wildman–Crippen MR) is 77.2 cm³/mol. The van der Waals surface area contributed by atoms with E-state index in [-0.39, 0.29) is 10.1 Å². The van der Waals surface area contributed by atoms with Gasteiger partial charge in [0, 0.05) is 12.1 Å². The van der Waals surface area contributed by atoms with Crippen LogP contribution in [0.5, 0.6) is 0 Å². The first-order valence-corrected chi connectivity index (χ1v) is 9.06. The van der Waals surface area contributed by atoms with Crippen molar-refractivity contribution in [3.05, 3.63) is 30.1 Å². The van der Waals surface area contributed by atoms with Crippen molar-refractivity contribution in [2.75, 3.05) is 13.1 Å². The number of piperidine rings is 1. The first kappa shape index (κ1) is 13.7. The fourth-order valence-electron chi connectivity index (χ4n) is 4.34. The lowest BCUT2D eigenvalue weighted by atomic mass is 9.92. The number of fused-ring (bicyclic) bond motifs is 5. The Bertz CT molecular complexity index is 628. The molecule has 3 aliphatic rings. The second-order valence-corrected chi connectivity index (χ2v) is 8.69. The van der Waals surface area contributed by atoms with Crippen molar-refractivity contribution in [2.24, 2.45) is 11.8 Å². The second-order valence-electron chi connectivity index (χ2n) is 6.46. The minimum absolute atomic E-state index is 0.249. The van der Waals surface area contributed by atoms with Crippen LogP contribution in [0.2, 0.25) is 0 Å². The quantitative estimate of drug-likeness (QED) is 0.798. The molecule has 4 rings (SSSR count). The Balaban J connectivity index is 1.61. The third-order valence-electron chi connectivity index (χ3n) is 5.39.